The summed E-state index contributed by atoms with van der Waals surface area (Å²) in [6.07, 6.45) is 7.02. The third-order valence-electron chi connectivity index (χ3n) is 2.85. The first kappa shape index (κ1) is 17.9. The lowest BCUT2D eigenvalue weighted by molar-refractivity contribution is -0.127. The van der Waals surface area contributed by atoms with Gasteiger partial charge in [-0.25, -0.2) is 0 Å². The van der Waals surface area contributed by atoms with Gasteiger partial charge >= 0.3 is 0 Å². The lowest BCUT2D eigenvalue weighted by Gasteiger charge is -2.29. The number of carbonyl (C=O) groups is 1. The van der Waals surface area contributed by atoms with Gasteiger partial charge in [0.2, 0.25) is 5.91 Å². The Balaban J connectivity index is 0.00000162. The molecule has 1 aromatic rings. The number of piperidine rings is 1. The fraction of sp³-hybridized carbons (Fsp3) is 0.385. The molecule has 2 heterocycles. The number of hydrogen-bond acceptors (Lipinski definition) is 3. The van der Waals surface area contributed by atoms with Crippen LogP contribution in [0.15, 0.2) is 30.5 Å². The molecule has 2 N–H and O–H groups in total. The van der Waals surface area contributed by atoms with E-state index in [0.29, 0.717) is 6.54 Å². The molecule has 6 heteroatoms. The molecule has 4 nitrogen and oxygen atoms in total. The van der Waals surface area contributed by atoms with Gasteiger partial charge < -0.3 is 10.6 Å². The van der Waals surface area contributed by atoms with Crippen LogP contribution in [0.2, 0.25) is 0 Å². The first-order chi connectivity index (χ1) is 8.25. The van der Waals surface area contributed by atoms with Crippen molar-refractivity contribution in [3.8, 4) is 0 Å². The van der Waals surface area contributed by atoms with Gasteiger partial charge in [0.25, 0.3) is 0 Å². The minimum absolute atomic E-state index is 0. The molecule has 0 radical (unpaired) electrons. The molecule has 0 bridgehead atoms. The maximum Gasteiger partial charge on any atom is 0.246 e. The van der Waals surface area contributed by atoms with E-state index in [1.807, 2.05) is 18.2 Å². The molecule has 1 saturated heterocycles. The van der Waals surface area contributed by atoms with E-state index in [1.54, 1.807) is 23.2 Å². The number of halogens is 2. The van der Waals surface area contributed by atoms with Crippen LogP contribution in [0.5, 0.6) is 0 Å². The molecule has 1 aliphatic heterocycles. The van der Waals surface area contributed by atoms with Crippen molar-refractivity contribution in [2.75, 3.05) is 13.1 Å². The number of hydrogen-bond donors (Lipinski definition) is 1. The average Bonchev–Trinajstić information content (AvgIpc) is 2.37. The Hall–Kier alpha value is -1.10. The average molecular weight is 304 g/mol. The monoisotopic (exact) mass is 303 g/mol. The predicted molar refractivity (Wildman–Crippen MR) is 81.6 cm³/mol. The molecule has 2 rings (SSSR count). The molecule has 0 saturated carbocycles. The van der Waals surface area contributed by atoms with Crippen molar-refractivity contribution in [3.63, 3.8) is 0 Å². The smallest absolute Gasteiger partial charge is 0.246 e. The summed E-state index contributed by atoms with van der Waals surface area (Å²) in [6.45, 7) is 1.46. The highest BCUT2D eigenvalue weighted by Gasteiger charge is 2.19. The standard InChI is InChI=1S/C13H17N3O.2ClH/c14-11-4-3-9-16(10-11)13(17)7-6-12-5-1-2-8-15-12;;/h1-2,5-8,11H,3-4,9-10,14H2;2*1H. The Kier molecular flexibility index (Phi) is 8.39. The van der Waals surface area contributed by atoms with E-state index in [1.165, 1.54) is 0 Å². The summed E-state index contributed by atoms with van der Waals surface area (Å²) in [7, 11) is 0. The summed E-state index contributed by atoms with van der Waals surface area (Å²) in [6, 6.07) is 5.73. The molecule has 1 amide bonds. The van der Waals surface area contributed by atoms with Gasteiger partial charge in [0, 0.05) is 31.4 Å². The first-order valence-electron chi connectivity index (χ1n) is 5.89. The zero-order valence-electron chi connectivity index (χ0n) is 10.6. The number of rotatable bonds is 2. The molecule has 1 aromatic heterocycles. The molecule has 1 aliphatic rings. The Labute approximate surface area is 125 Å². The molecule has 19 heavy (non-hydrogen) atoms. The van der Waals surface area contributed by atoms with Gasteiger partial charge in [-0.3, -0.25) is 9.78 Å². The predicted octanol–water partition coefficient (Wildman–Crippen LogP) is 1.89. The lowest BCUT2D eigenvalue weighted by atomic mass is 10.1. The van der Waals surface area contributed by atoms with Crippen molar-refractivity contribution in [1.82, 2.24) is 9.88 Å². The summed E-state index contributed by atoms with van der Waals surface area (Å²) in [5, 5.41) is 0. The Morgan fingerprint density at radius 1 is 1.42 bits per heavy atom. The van der Waals surface area contributed by atoms with Gasteiger partial charge in [-0.15, -0.1) is 24.8 Å². The van der Waals surface area contributed by atoms with Gasteiger partial charge in [-0.1, -0.05) is 6.07 Å². The molecule has 106 valence electrons. The first-order valence-corrected chi connectivity index (χ1v) is 5.89. The van der Waals surface area contributed by atoms with E-state index in [4.69, 9.17) is 5.73 Å². The van der Waals surface area contributed by atoms with Gasteiger partial charge in [-0.05, 0) is 31.1 Å². The molecular formula is C13H19Cl2N3O. The van der Waals surface area contributed by atoms with E-state index in [9.17, 15) is 4.79 Å². The van der Waals surface area contributed by atoms with Crippen molar-refractivity contribution in [3.05, 3.63) is 36.2 Å². The minimum atomic E-state index is 0. The van der Waals surface area contributed by atoms with Crippen molar-refractivity contribution < 1.29 is 4.79 Å². The van der Waals surface area contributed by atoms with Crippen LogP contribution in [0.25, 0.3) is 6.08 Å². The van der Waals surface area contributed by atoms with Crippen molar-refractivity contribution in [1.29, 1.82) is 0 Å². The minimum Gasteiger partial charge on any atom is -0.338 e. The molecular weight excluding hydrogens is 285 g/mol. The number of aromatic nitrogens is 1. The fourth-order valence-corrected chi connectivity index (χ4v) is 1.95. The molecule has 0 aromatic carbocycles. The van der Waals surface area contributed by atoms with E-state index < -0.39 is 0 Å². The van der Waals surface area contributed by atoms with Crippen LogP contribution in [0.3, 0.4) is 0 Å². The molecule has 1 atom stereocenters. The van der Waals surface area contributed by atoms with Crippen molar-refractivity contribution in [2.45, 2.75) is 18.9 Å². The third kappa shape index (κ3) is 5.59. The largest absolute Gasteiger partial charge is 0.338 e. The second kappa shape index (κ2) is 8.91. The summed E-state index contributed by atoms with van der Waals surface area (Å²) in [5.41, 5.74) is 6.63. The van der Waals surface area contributed by atoms with Crippen LogP contribution in [0, 0.1) is 0 Å². The maximum atomic E-state index is 11.9. The highest BCUT2D eigenvalue weighted by Crippen LogP contribution is 2.09. The molecule has 1 unspecified atom stereocenters. The molecule has 1 fully saturated rings. The van der Waals surface area contributed by atoms with Gasteiger partial charge in [0.1, 0.15) is 0 Å². The Morgan fingerprint density at radius 3 is 2.84 bits per heavy atom. The fourth-order valence-electron chi connectivity index (χ4n) is 1.95. The van der Waals surface area contributed by atoms with Crippen molar-refractivity contribution in [2.24, 2.45) is 5.73 Å². The third-order valence-corrected chi connectivity index (χ3v) is 2.85. The Bertz CT molecular complexity index is 412. The maximum absolute atomic E-state index is 11.9. The second-order valence-electron chi connectivity index (χ2n) is 4.27. The topological polar surface area (TPSA) is 59.2 Å². The van der Waals surface area contributed by atoms with Crippen LogP contribution in [-0.4, -0.2) is 34.9 Å². The quantitative estimate of drug-likeness (QED) is 0.849. The highest BCUT2D eigenvalue weighted by atomic mass is 35.5. The lowest BCUT2D eigenvalue weighted by Crippen LogP contribution is -2.45. The van der Waals surface area contributed by atoms with Gasteiger partial charge in [0.05, 0.1) is 5.69 Å². The van der Waals surface area contributed by atoms with Gasteiger partial charge in [0.15, 0.2) is 0 Å². The number of nitrogens with zero attached hydrogens (tertiary/aromatic N) is 2. The summed E-state index contributed by atoms with van der Waals surface area (Å²) < 4.78 is 0. The number of carbonyl (C=O) groups excluding carboxylic acids is 1. The summed E-state index contributed by atoms with van der Waals surface area (Å²) >= 11 is 0. The van der Waals surface area contributed by atoms with Crippen LogP contribution < -0.4 is 5.73 Å². The normalized spacial score (nSPS) is 18.6. The van der Waals surface area contributed by atoms with E-state index in [0.717, 1.165) is 25.1 Å². The zero-order chi connectivity index (χ0) is 12.1. The van der Waals surface area contributed by atoms with E-state index in [-0.39, 0.29) is 36.8 Å². The molecule has 0 aliphatic carbocycles. The van der Waals surface area contributed by atoms with Crippen molar-refractivity contribution >= 4 is 36.8 Å². The number of pyridine rings is 1. The second-order valence-corrected chi connectivity index (χ2v) is 4.27. The summed E-state index contributed by atoms with van der Waals surface area (Å²) in [4.78, 5) is 17.8. The van der Waals surface area contributed by atoms with Crippen LogP contribution in [0.4, 0.5) is 0 Å². The van der Waals surface area contributed by atoms with Crippen LogP contribution in [0.1, 0.15) is 18.5 Å². The highest BCUT2D eigenvalue weighted by molar-refractivity contribution is 5.91. The Morgan fingerprint density at radius 2 is 2.21 bits per heavy atom. The number of amides is 1. The van der Waals surface area contributed by atoms with Crippen LogP contribution >= 0.6 is 24.8 Å². The van der Waals surface area contributed by atoms with Gasteiger partial charge in [-0.2, -0.15) is 0 Å². The SMILES string of the molecule is Cl.Cl.NC1CCCN(C(=O)C=Cc2ccccn2)C1. The van der Waals surface area contributed by atoms with E-state index >= 15 is 0 Å². The number of likely N-dealkylation sites (tertiary alicyclic amines) is 1. The van der Waals surface area contributed by atoms with Crippen LogP contribution in [-0.2, 0) is 4.79 Å². The number of nitrogens with two attached hydrogens (primary N) is 1. The summed E-state index contributed by atoms with van der Waals surface area (Å²) in [5.74, 6) is 0.0193. The van der Waals surface area contributed by atoms with E-state index in [2.05, 4.69) is 4.98 Å². The zero-order valence-corrected chi connectivity index (χ0v) is 12.2. The molecule has 0 spiro atoms.